The lowest BCUT2D eigenvalue weighted by Gasteiger charge is -2.13. The summed E-state index contributed by atoms with van der Waals surface area (Å²) in [7, 11) is 0. The fourth-order valence-corrected chi connectivity index (χ4v) is 0.733. The smallest absolute Gasteiger partial charge is 0.0945 e. The predicted octanol–water partition coefficient (Wildman–Crippen LogP) is 1.06. The average molecular weight is 185 g/mol. The Labute approximate surface area is 80.1 Å². The molecule has 3 nitrogen and oxygen atoms in total. The first-order valence-corrected chi connectivity index (χ1v) is 4.49. The number of nitrogens with one attached hydrogen (secondary N) is 1. The van der Waals surface area contributed by atoms with Gasteiger partial charge in [0, 0.05) is 12.2 Å². The van der Waals surface area contributed by atoms with Crippen LogP contribution in [0.15, 0.2) is 24.9 Å². The molecule has 76 valence electrons. The second kappa shape index (κ2) is 7.83. The fourth-order valence-electron chi connectivity index (χ4n) is 0.733. The Morgan fingerprint density at radius 2 is 2.38 bits per heavy atom. The molecule has 0 heterocycles. The molecule has 0 bridgehead atoms. The largest absolute Gasteiger partial charge is 0.389 e. The van der Waals surface area contributed by atoms with Crippen LogP contribution in [0.1, 0.15) is 13.3 Å². The molecule has 0 aromatic heterocycles. The SMILES string of the molecule is C=CCOCC(O)CNC(=C)CC. The van der Waals surface area contributed by atoms with Crippen LogP contribution in [0.25, 0.3) is 0 Å². The van der Waals surface area contributed by atoms with Crippen molar-refractivity contribution in [3.8, 4) is 0 Å². The van der Waals surface area contributed by atoms with Crippen LogP contribution >= 0.6 is 0 Å². The molecule has 0 aliphatic heterocycles. The monoisotopic (exact) mass is 185 g/mol. The highest BCUT2D eigenvalue weighted by atomic mass is 16.5. The van der Waals surface area contributed by atoms with Gasteiger partial charge in [-0.2, -0.15) is 0 Å². The van der Waals surface area contributed by atoms with E-state index in [9.17, 15) is 5.11 Å². The maximum Gasteiger partial charge on any atom is 0.0945 e. The molecule has 2 N–H and O–H groups in total. The molecule has 0 rings (SSSR count). The van der Waals surface area contributed by atoms with Crippen molar-refractivity contribution in [1.82, 2.24) is 5.32 Å². The van der Waals surface area contributed by atoms with Crippen LogP contribution in [0.2, 0.25) is 0 Å². The van der Waals surface area contributed by atoms with Crippen molar-refractivity contribution in [2.24, 2.45) is 0 Å². The van der Waals surface area contributed by atoms with Gasteiger partial charge in [-0.1, -0.05) is 19.6 Å². The molecule has 0 amide bonds. The third-order valence-electron chi connectivity index (χ3n) is 1.56. The first kappa shape index (κ1) is 12.2. The van der Waals surface area contributed by atoms with Gasteiger partial charge in [-0.3, -0.25) is 0 Å². The summed E-state index contributed by atoms with van der Waals surface area (Å²) in [6.45, 7) is 10.6. The zero-order chi connectivity index (χ0) is 10.1. The quantitative estimate of drug-likeness (QED) is 0.439. The van der Waals surface area contributed by atoms with Gasteiger partial charge in [-0.15, -0.1) is 6.58 Å². The normalized spacial score (nSPS) is 12.2. The Balaban J connectivity index is 3.34. The van der Waals surface area contributed by atoms with Crippen LogP contribution in [-0.2, 0) is 4.74 Å². The third-order valence-corrected chi connectivity index (χ3v) is 1.56. The first-order chi connectivity index (χ1) is 6.20. The van der Waals surface area contributed by atoms with Gasteiger partial charge >= 0.3 is 0 Å². The van der Waals surface area contributed by atoms with Crippen LogP contribution in [0, 0.1) is 0 Å². The number of aliphatic hydroxyl groups is 1. The van der Waals surface area contributed by atoms with Crippen LogP contribution in [0.4, 0.5) is 0 Å². The lowest BCUT2D eigenvalue weighted by Crippen LogP contribution is -2.29. The zero-order valence-corrected chi connectivity index (χ0v) is 8.25. The summed E-state index contributed by atoms with van der Waals surface area (Å²) in [5, 5.41) is 12.4. The van der Waals surface area contributed by atoms with E-state index in [0.717, 1.165) is 12.1 Å². The van der Waals surface area contributed by atoms with Crippen molar-refractivity contribution >= 4 is 0 Å². The second-order valence-corrected chi connectivity index (χ2v) is 2.82. The standard InChI is InChI=1S/C10H19NO2/c1-4-6-13-8-10(12)7-11-9(3)5-2/h4,10-12H,1,3,5-8H2,2H3. The second-order valence-electron chi connectivity index (χ2n) is 2.82. The van der Waals surface area contributed by atoms with E-state index in [-0.39, 0.29) is 0 Å². The highest BCUT2D eigenvalue weighted by Gasteiger charge is 2.02. The van der Waals surface area contributed by atoms with Crippen LogP contribution in [-0.4, -0.2) is 31.0 Å². The molecular weight excluding hydrogens is 166 g/mol. The topological polar surface area (TPSA) is 41.5 Å². The van der Waals surface area contributed by atoms with Gasteiger partial charge < -0.3 is 15.2 Å². The average Bonchev–Trinajstić information content (AvgIpc) is 2.14. The summed E-state index contributed by atoms with van der Waals surface area (Å²) in [5.41, 5.74) is 0.933. The van der Waals surface area contributed by atoms with Gasteiger partial charge in [-0.05, 0) is 6.42 Å². The van der Waals surface area contributed by atoms with Crippen molar-refractivity contribution in [1.29, 1.82) is 0 Å². The number of rotatable bonds is 8. The van der Waals surface area contributed by atoms with Crippen molar-refractivity contribution in [2.45, 2.75) is 19.4 Å². The van der Waals surface area contributed by atoms with E-state index in [1.807, 2.05) is 6.92 Å². The van der Waals surface area contributed by atoms with E-state index in [1.54, 1.807) is 6.08 Å². The van der Waals surface area contributed by atoms with E-state index in [4.69, 9.17) is 4.74 Å². The number of aliphatic hydroxyl groups excluding tert-OH is 1. The van der Waals surface area contributed by atoms with Crippen molar-refractivity contribution in [3.63, 3.8) is 0 Å². The molecule has 0 spiro atoms. The molecule has 0 radical (unpaired) electrons. The van der Waals surface area contributed by atoms with Gasteiger partial charge in [0.2, 0.25) is 0 Å². The summed E-state index contributed by atoms with van der Waals surface area (Å²) in [6.07, 6.45) is 2.05. The maximum atomic E-state index is 9.36. The van der Waals surface area contributed by atoms with Gasteiger partial charge in [0.1, 0.15) is 0 Å². The fraction of sp³-hybridized carbons (Fsp3) is 0.600. The van der Waals surface area contributed by atoms with E-state index in [0.29, 0.717) is 19.8 Å². The number of hydrogen-bond acceptors (Lipinski definition) is 3. The summed E-state index contributed by atoms with van der Waals surface area (Å²) >= 11 is 0. The molecule has 0 saturated heterocycles. The Bertz CT molecular complexity index is 157. The Morgan fingerprint density at radius 3 is 2.92 bits per heavy atom. The summed E-state index contributed by atoms with van der Waals surface area (Å²) in [4.78, 5) is 0. The Morgan fingerprint density at radius 1 is 1.69 bits per heavy atom. The molecule has 0 fully saturated rings. The van der Waals surface area contributed by atoms with Gasteiger partial charge in [-0.25, -0.2) is 0 Å². The Kier molecular flexibility index (Phi) is 7.35. The van der Waals surface area contributed by atoms with Crippen molar-refractivity contribution < 1.29 is 9.84 Å². The van der Waals surface area contributed by atoms with Crippen LogP contribution in [0.3, 0.4) is 0 Å². The predicted molar refractivity (Wildman–Crippen MR) is 54.5 cm³/mol. The lowest BCUT2D eigenvalue weighted by atomic mass is 10.3. The molecule has 1 atom stereocenters. The summed E-state index contributed by atoms with van der Waals surface area (Å²) in [6, 6.07) is 0. The zero-order valence-electron chi connectivity index (χ0n) is 8.25. The maximum absolute atomic E-state index is 9.36. The molecule has 0 aliphatic carbocycles. The van der Waals surface area contributed by atoms with E-state index >= 15 is 0 Å². The molecule has 13 heavy (non-hydrogen) atoms. The lowest BCUT2D eigenvalue weighted by molar-refractivity contribution is 0.0507. The van der Waals surface area contributed by atoms with E-state index in [2.05, 4.69) is 18.5 Å². The number of allylic oxidation sites excluding steroid dienone is 1. The summed E-state index contributed by atoms with van der Waals surface area (Å²) in [5.74, 6) is 0. The highest BCUT2D eigenvalue weighted by Crippen LogP contribution is 1.91. The van der Waals surface area contributed by atoms with Gasteiger partial charge in [0.05, 0.1) is 19.3 Å². The molecule has 0 aromatic carbocycles. The molecule has 0 aliphatic rings. The van der Waals surface area contributed by atoms with Gasteiger partial charge in [0.25, 0.3) is 0 Å². The Hall–Kier alpha value is -0.800. The van der Waals surface area contributed by atoms with Crippen LogP contribution in [0.5, 0.6) is 0 Å². The minimum absolute atomic E-state index is 0.329. The van der Waals surface area contributed by atoms with E-state index in [1.165, 1.54) is 0 Å². The molecule has 0 aromatic rings. The van der Waals surface area contributed by atoms with Gasteiger partial charge in [0.15, 0.2) is 0 Å². The summed E-state index contributed by atoms with van der Waals surface area (Å²) < 4.78 is 5.07. The number of hydrogen-bond donors (Lipinski definition) is 2. The van der Waals surface area contributed by atoms with E-state index < -0.39 is 6.10 Å². The minimum Gasteiger partial charge on any atom is -0.389 e. The van der Waals surface area contributed by atoms with Crippen LogP contribution < -0.4 is 5.32 Å². The van der Waals surface area contributed by atoms with Crippen molar-refractivity contribution in [2.75, 3.05) is 19.8 Å². The molecular formula is C10H19NO2. The third kappa shape index (κ3) is 7.56. The molecule has 3 heteroatoms. The molecule has 0 saturated carbocycles. The molecule has 1 unspecified atom stereocenters. The number of ether oxygens (including phenoxy) is 1. The first-order valence-electron chi connectivity index (χ1n) is 4.49. The highest BCUT2D eigenvalue weighted by molar-refractivity contribution is 4.89. The van der Waals surface area contributed by atoms with Crippen molar-refractivity contribution in [3.05, 3.63) is 24.9 Å². The minimum atomic E-state index is -0.483.